The normalized spacial score (nSPS) is 11.5. The summed E-state index contributed by atoms with van der Waals surface area (Å²) in [6.07, 6.45) is 3.39. The van der Waals surface area contributed by atoms with E-state index in [0.29, 0.717) is 36.1 Å². The number of methoxy groups -OCH3 is 1. The summed E-state index contributed by atoms with van der Waals surface area (Å²) in [7, 11) is 1.54. The smallest absolute Gasteiger partial charge is 0.303 e. The first-order valence-electron chi connectivity index (χ1n) is 8.04. The first-order chi connectivity index (χ1) is 11.2. The third kappa shape index (κ3) is 4.37. The molecule has 0 saturated carbocycles. The zero-order chi connectivity index (χ0) is 18.4. The Morgan fingerprint density at radius 1 is 1.17 bits per heavy atom. The van der Waals surface area contributed by atoms with Crippen LogP contribution in [-0.4, -0.2) is 29.1 Å². The molecule has 5 heteroatoms. The van der Waals surface area contributed by atoms with Gasteiger partial charge in [0.2, 0.25) is 0 Å². The topological polar surface area (TPSA) is 83.8 Å². The monoisotopic (exact) mass is 334 g/mol. The number of carbonyl (C=O) groups excluding carboxylic acids is 1. The standard InChI is InChI=1S/C19H26O5/c1-6-14-12(3)19(24-5)15(18(23)17(14)13(4)20)9-7-11(2)8-10-16(21)22/h7,23H,6,8-10H2,1-5H3,(H,21,22)/b11-7+. The van der Waals surface area contributed by atoms with Crippen LogP contribution < -0.4 is 4.74 Å². The Morgan fingerprint density at radius 2 is 1.79 bits per heavy atom. The molecule has 0 atom stereocenters. The van der Waals surface area contributed by atoms with Gasteiger partial charge in [0.05, 0.1) is 12.7 Å². The van der Waals surface area contributed by atoms with Crippen LogP contribution in [0.4, 0.5) is 0 Å². The Hall–Kier alpha value is -2.30. The van der Waals surface area contributed by atoms with Crippen molar-refractivity contribution < 1.29 is 24.5 Å². The lowest BCUT2D eigenvalue weighted by Gasteiger charge is -2.19. The van der Waals surface area contributed by atoms with E-state index in [1.54, 1.807) is 7.11 Å². The van der Waals surface area contributed by atoms with E-state index in [0.717, 1.165) is 16.7 Å². The van der Waals surface area contributed by atoms with Gasteiger partial charge in [0, 0.05) is 12.0 Å². The molecule has 24 heavy (non-hydrogen) atoms. The first kappa shape index (κ1) is 19.7. The lowest BCUT2D eigenvalue weighted by molar-refractivity contribution is -0.136. The van der Waals surface area contributed by atoms with Crippen LogP contribution >= 0.6 is 0 Å². The molecule has 0 spiro atoms. The molecule has 0 radical (unpaired) electrons. The van der Waals surface area contributed by atoms with Gasteiger partial charge in [-0.3, -0.25) is 9.59 Å². The van der Waals surface area contributed by atoms with Gasteiger partial charge in [0.25, 0.3) is 0 Å². The molecule has 0 aliphatic heterocycles. The van der Waals surface area contributed by atoms with Gasteiger partial charge < -0.3 is 14.9 Å². The predicted octanol–water partition coefficient (Wildman–Crippen LogP) is 3.83. The quantitative estimate of drug-likeness (QED) is 0.557. The molecule has 2 N–H and O–H groups in total. The lowest BCUT2D eigenvalue weighted by atomic mass is 9.90. The second-order valence-corrected chi connectivity index (χ2v) is 5.90. The van der Waals surface area contributed by atoms with Crippen molar-refractivity contribution in [2.45, 2.75) is 53.4 Å². The van der Waals surface area contributed by atoms with Crippen LogP contribution in [-0.2, 0) is 17.6 Å². The highest BCUT2D eigenvalue weighted by atomic mass is 16.5. The van der Waals surface area contributed by atoms with E-state index in [2.05, 4.69) is 0 Å². The van der Waals surface area contributed by atoms with Crippen molar-refractivity contribution in [3.05, 3.63) is 33.9 Å². The average Bonchev–Trinajstić information content (AvgIpc) is 2.52. The Kier molecular flexibility index (Phi) is 7.01. The summed E-state index contributed by atoms with van der Waals surface area (Å²) < 4.78 is 5.47. The van der Waals surface area contributed by atoms with E-state index in [-0.39, 0.29) is 18.0 Å². The van der Waals surface area contributed by atoms with E-state index in [1.165, 1.54) is 6.92 Å². The fourth-order valence-electron chi connectivity index (χ4n) is 2.92. The number of ether oxygens (including phenoxy) is 1. The number of hydrogen-bond acceptors (Lipinski definition) is 4. The predicted molar refractivity (Wildman–Crippen MR) is 93.1 cm³/mol. The zero-order valence-corrected chi connectivity index (χ0v) is 15.0. The maximum absolute atomic E-state index is 12.0. The van der Waals surface area contributed by atoms with Crippen LogP contribution in [0.5, 0.6) is 11.5 Å². The number of carboxylic acids is 1. The van der Waals surface area contributed by atoms with E-state index in [1.807, 2.05) is 26.8 Å². The molecular formula is C19H26O5. The molecule has 0 unspecified atom stereocenters. The maximum atomic E-state index is 12.0. The zero-order valence-electron chi connectivity index (χ0n) is 15.0. The number of aromatic hydroxyl groups is 1. The van der Waals surface area contributed by atoms with Crippen molar-refractivity contribution >= 4 is 11.8 Å². The van der Waals surface area contributed by atoms with Crippen molar-refractivity contribution in [2.75, 3.05) is 7.11 Å². The van der Waals surface area contributed by atoms with E-state index in [9.17, 15) is 14.7 Å². The molecule has 0 aromatic heterocycles. The summed E-state index contributed by atoms with van der Waals surface area (Å²) in [6, 6.07) is 0. The van der Waals surface area contributed by atoms with Crippen LogP contribution in [0.25, 0.3) is 0 Å². The number of phenolic OH excluding ortho intramolecular Hbond substituents is 1. The number of allylic oxidation sites excluding steroid dienone is 2. The van der Waals surface area contributed by atoms with Crippen LogP contribution in [0.15, 0.2) is 11.6 Å². The van der Waals surface area contributed by atoms with Crippen LogP contribution in [0.1, 0.15) is 60.7 Å². The molecule has 1 aromatic rings. The number of phenols is 1. The Balaban J connectivity index is 3.34. The summed E-state index contributed by atoms with van der Waals surface area (Å²) in [5.74, 6) is -0.478. The highest BCUT2D eigenvalue weighted by Gasteiger charge is 2.23. The molecule has 0 heterocycles. The SMILES string of the molecule is CCc1c(C)c(OC)c(C/C=C(\C)CCC(=O)O)c(O)c1C(C)=O. The average molecular weight is 334 g/mol. The number of rotatable bonds is 8. The summed E-state index contributed by atoms with van der Waals surface area (Å²) in [6.45, 7) is 7.11. The van der Waals surface area contributed by atoms with Gasteiger partial charge in [-0.2, -0.15) is 0 Å². The molecular weight excluding hydrogens is 308 g/mol. The molecule has 1 rings (SSSR count). The second-order valence-electron chi connectivity index (χ2n) is 5.90. The van der Waals surface area contributed by atoms with Gasteiger partial charge in [-0.05, 0) is 51.2 Å². The van der Waals surface area contributed by atoms with Crippen molar-refractivity contribution in [2.24, 2.45) is 0 Å². The second kappa shape index (κ2) is 8.52. The fraction of sp³-hybridized carbons (Fsp3) is 0.474. The van der Waals surface area contributed by atoms with Gasteiger partial charge >= 0.3 is 5.97 Å². The third-order valence-electron chi connectivity index (χ3n) is 4.19. The minimum Gasteiger partial charge on any atom is -0.507 e. The largest absolute Gasteiger partial charge is 0.507 e. The number of carboxylic acid groups (broad SMARTS) is 1. The fourth-order valence-corrected chi connectivity index (χ4v) is 2.92. The Labute approximate surface area is 143 Å². The minimum absolute atomic E-state index is 0.0379. The summed E-state index contributed by atoms with van der Waals surface area (Å²) in [5, 5.41) is 19.4. The van der Waals surface area contributed by atoms with E-state index < -0.39 is 5.97 Å². The molecule has 132 valence electrons. The maximum Gasteiger partial charge on any atom is 0.303 e. The number of aliphatic carboxylic acids is 1. The highest BCUT2D eigenvalue weighted by molar-refractivity contribution is 5.99. The first-order valence-corrected chi connectivity index (χ1v) is 8.04. The molecule has 1 aromatic carbocycles. The summed E-state index contributed by atoms with van der Waals surface area (Å²) in [5.41, 5.74) is 3.48. The molecule has 0 bridgehead atoms. The van der Waals surface area contributed by atoms with E-state index in [4.69, 9.17) is 9.84 Å². The van der Waals surface area contributed by atoms with Gasteiger partial charge in [0.1, 0.15) is 11.5 Å². The van der Waals surface area contributed by atoms with Crippen molar-refractivity contribution in [3.63, 3.8) is 0 Å². The number of hydrogen-bond donors (Lipinski definition) is 2. The third-order valence-corrected chi connectivity index (χ3v) is 4.19. The van der Waals surface area contributed by atoms with Crippen LogP contribution in [0.3, 0.4) is 0 Å². The number of carbonyl (C=O) groups is 2. The molecule has 0 saturated heterocycles. The van der Waals surface area contributed by atoms with Crippen molar-refractivity contribution in [1.29, 1.82) is 0 Å². The Morgan fingerprint density at radius 3 is 2.25 bits per heavy atom. The highest BCUT2D eigenvalue weighted by Crippen LogP contribution is 2.39. The van der Waals surface area contributed by atoms with E-state index >= 15 is 0 Å². The van der Waals surface area contributed by atoms with Gasteiger partial charge in [0.15, 0.2) is 5.78 Å². The minimum atomic E-state index is -0.842. The lowest BCUT2D eigenvalue weighted by Crippen LogP contribution is -2.07. The molecule has 0 fully saturated rings. The number of ketones is 1. The van der Waals surface area contributed by atoms with Gasteiger partial charge in [-0.25, -0.2) is 0 Å². The molecule has 5 nitrogen and oxygen atoms in total. The van der Waals surface area contributed by atoms with Gasteiger partial charge in [-0.1, -0.05) is 18.6 Å². The van der Waals surface area contributed by atoms with Crippen molar-refractivity contribution in [3.8, 4) is 11.5 Å². The number of Topliss-reactive ketones (excluding diaryl/α,β-unsaturated/α-hetero) is 1. The molecule has 0 aliphatic rings. The summed E-state index contributed by atoms with van der Waals surface area (Å²) in [4.78, 5) is 22.6. The van der Waals surface area contributed by atoms with Crippen molar-refractivity contribution in [1.82, 2.24) is 0 Å². The van der Waals surface area contributed by atoms with Gasteiger partial charge in [-0.15, -0.1) is 0 Å². The van der Waals surface area contributed by atoms with Crippen LogP contribution in [0.2, 0.25) is 0 Å². The molecule has 0 amide bonds. The summed E-state index contributed by atoms with van der Waals surface area (Å²) >= 11 is 0. The number of benzene rings is 1. The molecule has 0 aliphatic carbocycles. The Bertz CT molecular complexity index is 671. The van der Waals surface area contributed by atoms with Crippen LogP contribution in [0, 0.1) is 6.92 Å².